The number of rotatable bonds is 2. The van der Waals surface area contributed by atoms with Gasteiger partial charge in [0.1, 0.15) is 17.5 Å². The Bertz CT molecular complexity index is 882. The van der Waals surface area contributed by atoms with Crippen LogP contribution < -0.4 is 0 Å². The van der Waals surface area contributed by atoms with Gasteiger partial charge in [0.05, 0.1) is 0 Å². The van der Waals surface area contributed by atoms with E-state index in [1.54, 1.807) is 50.2 Å². The van der Waals surface area contributed by atoms with Gasteiger partial charge >= 0.3 is 0 Å². The summed E-state index contributed by atoms with van der Waals surface area (Å²) in [5.74, 6) is -1.16. The first kappa shape index (κ1) is 15.3. The summed E-state index contributed by atoms with van der Waals surface area (Å²) in [5.41, 5.74) is 3.04. The maximum absolute atomic E-state index is 14.4. The lowest BCUT2D eigenvalue weighted by molar-refractivity contribution is 0.616. The Labute approximate surface area is 133 Å². The van der Waals surface area contributed by atoms with Crippen molar-refractivity contribution in [1.29, 1.82) is 0 Å². The van der Waals surface area contributed by atoms with Gasteiger partial charge in [-0.2, -0.15) is 0 Å². The second kappa shape index (κ2) is 5.92. The molecule has 3 aromatic rings. The van der Waals surface area contributed by atoms with Gasteiger partial charge in [0.15, 0.2) is 0 Å². The molecule has 3 heteroatoms. The van der Waals surface area contributed by atoms with Crippen molar-refractivity contribution in [2.45, 2.75) is 13.8 Å². The lowest BCUT2D eigenvalue weighted by Crippen LogP contribution is -1.90. The monoisotopic (exact) mass is 312 g/mol. The molecule has 23 heavy (non-hydrogen) atoms. The fraction of sp³-hybridized carbons (Fsp3) is 0.100. The predicted octanol–water partition coefficient (Wildman–Crippen LogP) is 6.05. The smallest absolute Gasteiger partial charge is 0.131 e. The summed E-state index contributed by atoms with van der Waals surface area (Å²) in [6.45, 7) is 3.33. The molecule has 0 amide bonds. The summed E-state index contributed by atoms with van der Waals surface area (Å²) in [5, 5.41) is 0. The molecular formula is C20H15F3. The summed E-state index contributed by atoms with van der Waals surface area (Å²) in [6.07, 6.45) is 0. The highest BCUT2D eigenvalue weighted by atomic mass is 19.1. The van der Waals surface area contributed by atoms with E-state index in [0.717, 1.165) is 0 Å². The summed E-state index contributed by atoms with van der Waals surface area (Å²) in [6, 6.07) is 14.1. The number of aryl methyl sites for hydroxylation is 2. The van der Waals surface area contributed by atoms with E-state index >= 15 is 0 Å². The fourth-order valence-corrected chi connectivity index (χ4v) is 2.46. The Morgan fingerprint density at radius 1 is 0.522 bits per heavy atom. The molecule has 116 valence electrons. The molecule has 0 fully saturated rings. The Hall–Kier alpha value is -2.55. The van der Waals surface area contributed by atoms with Gasteiger partial charge in [0, 0.05) is 5.56 Å². The molecule has 3 rings (SSSR count). The molecule has 0 unspecified atom stereocenters. The van der Waals surface area contributed by atoms with Crippen LogP contribution in [0.5, 0.6) is 0 Å². The summed E-state index contributed by atoms with van der Waals surface area (Å²) < 4.78 is 41.7. The van der Waals surface area contributed by atoms with Crippen LogP contribution in [0.25, 0.3) is 22.3 Å². The minimum Gasteiger partial charge on any atom is -0.207 e. The van der Waals surface area contributed by atoms with Crippen LogP contribution >= 0.6 is 0 Å². The number of halogens is 3. The van der Waals surface area contributed by atoms with Crippen molar-refractivity contribution in [3.63, 3.8) is 0 Å². The van der Waals surface area contributed by atoms with Crippen molar-refractivity contribution >= 4 is 0 Å². The quantitative estimate of drug-likeness (QED) is 0.540. The van der Waals surface area contributed by atoms with Crippen molar-refractivity contribution < 1.29 is 13.2 Å². The molecule has 0 atom stereocenters. The molecule has 0 nitrogen and oxygen atoms in total. The first-order valence-corrected chi connectivity index (χ1v) is 7.28. The van der Waals surface area contributed by atoms with Crippen LogP contribution in [0.3, 0.4) is 0 Å². The summed E-state index contributed by atoms with van der Waals surface area (Å²) >= 11 is 0. The number of hydrogen-bond acceptors (Lipinski definition) is 0. The SMILES string of the molecule is Cc1ccc(-c2ccc(-c3ccc(C)c(F)c3)c(F)c2)cc1F. The molecule has 0 aromatic heterocycles. The van der Waals surface area contributed by atoms with E-state index in [4.69, 9.17) is 0 Å². The topological polar surface area (TPSA) is 0 Å². The third-order valence-corrected chi connectivity index (χ3v) is 3.96. The van der Waals surface area contributed by atoms with Gasteiger partial charge in [-0.25, -0.2) is 13.2 Å². The molecule has 0 aliphatic carbocycles. The summed E-state index contributed by atoms with van der Waals surface area (Å²) in [4.78, 5) is 0. The Balaban J connectivity index is 2.03. The standard InChI is InChI=1S/C20H15F3/c1-12-3-5-14(9-18(12)21)15-7-8-17(20(23)10-15)16-6-4-13(2)19(22)11-16/h3-11H,1-2H3. The van der Waals surface area contributed by atoms with E-state index in [9.17, 15) is 13.2 Å². The minimum absolute atomic E-state index is 0.320. The van der Waals surface area contributed by atoms with Gasteiger partial charge < -0.3 is 0 Å². The first-order chi connectivity index (χ1) is 11.0. The molecule has 0 radical (unpaired) electrons. The Morgan fingerprint density at radius 2 is 0.957 bits per heavy atom. The summed E-state index contributed by atoms with van der Waals surface area (Å²) in [7, 11) is 0. The fourth-order valence-electron chi connectivity index (χ4n) is 2.46. The van der Waals surface area contributed by atoms with Crippen molar-refractivity contribution in [1.82, 2.24) is 0 Å². The third kappa shape index (κ3) is 3.00. The van der Waals surface area contributed by atoms with Crippen LogP contribution in [0.2, 0.25) is 0 Å². The third-order valence-electron chi connectivity index (χ3n) is 3.96. The van der Waals surface area contributed by atoms with Gasteiger partial charge in [0.25, 0.3) is 0 Å². The lowest BCUT2D eigenvalue weighted by Gasteiger charge is -2.09. The van der Waals surface area contributed by atoms with Gasteiger partial charge in [-0.3, -0.25) is 0 Å². The normalized spacial score (nSPS) is 10.8. The van der Waals surface area contributed by atoms with Crippen LogP contribution in [-0.4, -0.2) is 0 Å². The van der Waals surface area contributed by atoms with Crippen molar-refractivity contribution in [2.75, 3.05) is 0 Å². The molecule has 0 aliphatic heterocycles. The second-order valence-corrected chi connectivity index (χ2v) is 5.62. The first-order valence-electron chi connectivity index (χ1n) is 7.28. The molecule has 0 saturated carbocycles. The molecule has 0 spiro atoms. The molecule has 0 saturated heterocycles. The molecule has 0 bridgehead atoms. The van der Waals surface area contributed by atoms with E-state index in [0.29, 0.717) is 33.4 Å². The molecular weight excluding hydrogens is 297 g/mol. The highest BCUT2D eigenvalue weighted by Gasteiger charge is 2.10. The predicted molar refractivity (Wildman–Crippen MR) is 86.7 cm³/mol. The van der Waals surface area contributed by atoms with E-state index < -0.39 is 5.82 Å². The average molecular weight is 312 g/mol. The van der Waals surface area contributed by atoms with Crippen LogP contribution in [0.15, 0.2) is 54.6 Å². The maximum Gasteiger partial charge on any atom is 0.131 e. The van der Waals surface area contributed by atoms with E-state index in [2.05, 4.69) is 0 Å². The van der Waals surface area contributed by atoms with Crippen LogP contribution in [0, 0.1) is 31.3 Å². The zero-order chi connectivity index (χ0) is 16.6. The van der Waals surface area contributed by atoms with Gasteiger partial charge in [-0.15, -0.1) is 0 Å². The van der Waals surface area contributed by atoms with E-state index in [-0.39, 0.29) is 11.6 Å². The molecule has 0 heterocycles. The number of benzene rings is 3. The minimum atomic E-state index is -0.466. The van der Waals surface area contributed by atoms with Crippen molar-refractivity contribution in [2.24, 2.45) is 0 Å². The van der Waals surface area contributed by atoms with E-state index in [1.165, 1.54) is 18.2 Å². The lowest BCUT2D eigenvalue weighted by atomic mass is 9.98. The second-order valence-electron chi connectivity index (χ2n) is 5.62. The molecule has 0 N–H and O–H groups in total. The molecule has 3 aromatic carbocycles. The maximum atomic E-state index is 14.4. The van der Waals surface area contributed by atoms with Crippen molar-refractivity contribution in [3.8, 4) is 22.3 Å². The van der Waals surface area contributed by atoms with Crippen molar-refractivity contribution in [3.05, 3.63) is 83.2 Å². The zero-order valence-corrected chi connectivity index (χ0v) is 12.8. The Morgan fingerprint density at radius 3 is 1.48 bits per heavy atom. The highest BCUT2D eigenvalue weighted by molar-refractivity contribution is 5.71. The van der Waals surface area contributed by atoms with Crippen LogP contribution in [0.4, 0.5) is 13.2 Å². The number of hydrogen-bond donors (Lipinski definition) is 0. The highest BCUT2D eigenvalue weighted by Crippen LogP contribution is 2.29. The van der Waals surface area contributed by atoms with Crippen LogP contribution in [0.1, 0.15) is 11.1 Å². The Kier molecular flexibility index (Phi) is 3.95. The van der Waals surface area contributed by atoms with Crippen LogP contribution in [-0.2, 0) is 0 Å². The van der Waals surface area contributed by atoms with Gasteiger partial charge in [0.2, 0.25) is 0 Å². The zero-order valence-electron chi connectivity index (χ0n) is 12.8. The van der Waals surface area contributed by atoms with E-state index in [1.807, 2.05) is 0 Å². The average Bonchev–Trinajstić information content (AvgIpc) is 2.53. The largest absolute Gasteiger partial charge is 0.207 e. The van der Waals surface area contributed by atoms with Gasteiger partial charge in [-0.1, -0.05) is 36.4 Å². The van der Waals surface area contributed by atoms with Gasteiger partial charge in [-0.05, 0) is 59.9 Å². The molecule has 0 aliphatic rings.